The van der Waals surface area contributed by atoms with Crippen molar-refractivity contribution >= 4 is 26.0 Å². The van der Waals surface area contributed by atoms with Crippen molar-refractivity contribution in [3.8, 4) is 5.88 Å². The molecule has 1 fully saturated rings. The maximum atomic E-state index is 12.7. The molecule has 5 nitrogen and oxygen atoms in total. The van der Waals surface area contributed by atoms with Gasteiger partial charge in [-0.15, -0.1) is 0 Å². The Bertz CT molecular complexity index is 792. The van der Waals surface area contributed by atoms with Gasteiger partial charge in [0.1, 0.15) is 6.10 Å². The summed E-state index contributed by atoms with van der Waals surface area (Å²) in [5.74, 6) is 0.509. The van der Waals surface area contributed by atoms with Crippen LogP contribution in [0.25, 0.3) is 0 Å². The maximum absolute atomic E-state index is 12.7. The van der Waals surface area contributed by atoms with E-state index in [1.54, 1.807) is 24.4 Å². The number of aromatic nitrogens is 1. The lowest BCUT2D eigenvalue weighted by Crippen LogP contribution is -2.31. The minimum Gasteiger partial charge on any atom is -0.473 e. The molecule has 1 aliphatic rings. The molecule has 0 amide bonds. The lowest BCUT2D eigenvalue weighted by atomic mass is 10.2. The van der Waals surface area contributed by atoms with Crippen molar-refractivity contribution in [2.45, 2.75) is 30.8 Å². The largest absolute Gasteiger partial charge is 0.473 e. The monoisotopic (exact) mass is 410 g/mol. The number of halogens is 1. The Balaban J connectivity index is 1.68. The first-order chi connectivity index (χ1) is 11.5. The number of benzene rings is 1. The summed E-state index contributed by atoms with van der Waals surface area (Å²) >= 11 is 3.32. The van der Waals surface area contributed by atoms with Crippen molar-refractivity contribution in [3.05, 3.63) is 52.6 Å². The Hall–Kier alpha value is -1.44. The molecule has 2 heterocycles. The zero-order valence-corrected chi connectivity index (χ0v) is 15.8. The summed E-state index contributed by atoms with van der Waals surface area (Å²) in [5.41, 5.74) is 1.12. The summed E-state index contributed by atoms with van der Waals surface area (Å²) < 4.78 is 33.6. The molecule has 7 heteroatoms. The average Bonchev–Trinajstić information content (AvgIpc) is 3.06. The van der Waals surface area contributed by atoms with Crippen LogP contribution >= 0.6 is 15.9 Å². The summed E-state index contributed by atoms with van der Waals surface area (Å²) in [4.78, 5) is 4.50. The summed E-state index contributed by atoms with van der Waals surface area (Å²) in [6, 6.07) is 10.7. The van der Waals surface area contributed by atoms with E-state index in [4.69, 9.17) is 4.74 Å². The lowest BCUT2D eigenvalue weighted by Gasteiger charge is -2.17. The SMILES string of the molecule is CCc1ccc(S(=O)(=O)N2CCC(Oc3ccc(Br)cn3)C2)cc1. The molecule has 0 spiro atoms. The van der Waals surface area contributed by atoms with E-state index >= 15 is 0 Å². The van der Waals surface area contributed by atoms with Crippen LogP contribution in [0.1, 0.15) is 18.9 Å². The van der Waals surface area contributed by atoms with Gasteiger partial charge in [0, 0.05) is 23.3 Å². The molecule has 2 aromatic rings. The Morgan fingerprint density at radius 3 is 2.62 bits per heavy atom. The number of nitrogens with zero attached hydrogens (tertiary/aromatic N) is 2. The van der Waals surface area contributed by atoms with Gasteiger partial charge in [-0.2, -0.15) is 4.31 Å². The predicted molar refractivity (Wildman–Crippen MR) is 95.5 cm³/mol. The highest BCUT2D eigenvalue weighted by atomic mass is 79.9. The molecule has 0 bridgehead atoms. The molecular formula is C17H19BrN2O3S. The standard InChI is InChI=1S/C17H19BrN2O3S/c1-2-13-3-6-16(7-4-13)24(21,22)20-10-9-15(12-20)23-17-8-5-14(18)11-19-17/h3-8,11,15H,2,9-10,12H2,1H3. The normalized spacial score (nSPS) is 18.7. The lowest BCUT2D eigenvalue weighted by molar-refractivity contribution is 0.207. The molecule has 1 unspecified atom stereocenters. The number of aryl methyl sites for hydroxylation is 1. The quantitative estimate of drug-likeness (QED) is 0.758. The molecule has 24 heavy (non-hydrogen) atoms. The third kappa shape index (κ3) is 3.79. The summed E-state index contributed by atoms with van der Waals surface area (Å²) in [6.45, 7) is 2.84. The van der Waals surface area contributed by atoms with Gasteiger partial charge in [0.05, 0.1) is 11.4 Å². The zero-order valence-electron chi connectivity index (χ0n) is 13.4. The molecular weight excluding hydrogens is 392 g/mol. The third-order valence-corrected chi connectivity index (χ3v) is 6.41. The molecule has 0 N–H and O–H groups in total. The van der Waals surface area contributed by atoms with Gasteiger partial charge in [-0.25, -0.2) is 13.4 Å². The van der Waals surface area contributed by atoms with Gasteiger partial charge in [-0.1, -0.05) is 19.1 Å². The number of sulfonamides is 1. The molecule has 1 aromatic heterocycles. The van der Waals surface area contributed by atoms with Crippen molar-refractivity contribution in [2.75, 3.05) is 13.1 Å². The Morgan fingerprint density at radius 1 is 1.25 bits per heavy atom. The topological polar surface area (TPSA) is 59.5 Å². The van der Waals surface area contributed by atoms with E-state index in [0.29, 0.717) is 30.3 Å². The first-order valence-corrected chi connectivity index (χ1v) is 10.1. The summed E-state index contributed by atoms with van der Waals surface area (Å²) in [5, 5.41) is 0. The van der Waals surface area contributed by atoms with Gasteiger partial charge in [0.2, 0.25) is 15.9 Å². The van der Waals surface area contributed by atoms with Crippen LogP contribution in [0.3, 0.4) is 0 Å². The molecule has 3 rings (SSSR count). The van der Waals surface area contributed by atoms with E-state index in [0.717, 1.165) is 16.5 Å². The Labute approximate surface area is 150 Å². The Kier molecular flexibility index (Phi) is 5.22. The number of ether oxygens (including phenoxy) is 1. The van der Waals surface area contributed by atoms with E-state index in [2.05, 4.69) is 20.9 Å². The predicted octanol–water partition coefficient (Wildman–Crippen LogP) is 3.25. The second-order valence-corrected chi connectivity index (χ2v) is 8.56. The fourth-order valence-electron chi connectivity index (χ4n) is 2.66. The van der Waals surface area contributed by atoms with Crippen LogP contribution < -0.4 is 4.74 Å². The minimum absolute atomic E-state index is 0.177. The van der Waals surface area contributed by atoms with Gasteiger partial charge >= 0.3 is 0 Å². The summed E-state index contributed by atoms with van der Waals surface area (Å²) in [7, 11) is -3.47. The Morgan fingerprint density at radius 2 is 2.00 bits per heavy atom. The number of hydrogen-bond donors (Lipinski definition) is 0. The van der Waals surface area contributed by atoms with Crippen LogP contribution in [-0.2, 0) is 16.4 Å². The van der Waals surface area contributed by atoms with Crippen molar-refractivity contribution in [1.82, 2.24) is 9.29 Å². The molecule has 1 aromatic carbocycles. The third-order valence-electron chi connectivity index (χ3n) is 4.06. The van der Waals surface area contributed by atoms with Gasteiger partial charge in [-0.3, -0.25) is 0 Å². The van der Waals surface area contributed by atoms with Gasteiger partial charge < -0.3 is 4.74 Å². The van der Waals surface area contributed by atoms with Crippen LogP contribution in [0.5, 0.6) is 5.88 Å². The van der Waals surface area contributed by atoms with Gasteiger partial charge in [0.15, 0.2) is 0 Å². The second kappa shape index (κ2) is 7.21. The van der Waals surface area contributed by atoms with Crippen molar-refractivity contribution in [1.29, 1.82) is 0 Å². The molecule has 1 saturated heterocycles. The summed E-state index contributed by atoms with van der Waals surface area (Å²) in [6.07, 6.45) is 3.03. The second-order valence-electron chi connectivity index (χ2n) is 5.70. The van der Waals surface area contributed by atoms with Crippen LogP contribution in [0.15, 0.2) is 52.0 Å². The van der Waals surface area contributed by atoms with Crippen LogP contribution in [-0.4, -0.2) is 36.9 Å². The van der Waals surface area contributed by atoms with Crippen molar-refractivity contribution in [3.63, 3.8) is 0 Å². The molecule has 1 atom stereocenters. The maximum Gasteiger partial charge on any atom is 0.243 e. The van der Waals surface area contributed by atoms with E-state index in [1.807, 2.05) is 25.1 Å². The number of rotatable bonds is 5. The number of pyridine rings is 1. The molecule has 128 valence electrons. The first kappa shape index (κ1) is 17.4. The number of hydrogen-bond acceptors (Lipinski definition) is 4. The average molecular weight is 411 g/mol. The molecule has 1 aliphatic heterocycles. The van der Waals surface area contributed by atoms with Crippen molar-refractivity contribution in [2.24, 2.45) is 0 Å². The van der Waals surface area contributed by atoms with Crippen molar-refractivity contribution < 1.29 is 13.2 Å². The van der Waals surface area contributed by atoms with Crippen LogP contribution in [0, 0.1) is 0 Å². The highest BCUT2D eigenvalue weighted by Gasteiger charge is 2.33. The fourth-order valence-corrected chi connectivity index (χ4v) is 4.38. The van der Waals surface area contributed by atoms with Gasteiger partial charge in [0.25, 0.3) is 0 Å². The highest BCUT2D eigenvalue weighted by Crippen LogP contribution is 2.24. The van der Waals surface area contributed by atoms with Crippen LogP contribution in [0.2, 0.25) is 0 Å². The minimum atomic E-state index is -3.47. The molecule has 0 radical (unpaired) electrons. The van der Waals surface area contributed by atoms with Crippen LogP contribution in [0.4, 0.5) is 0 Å². The fraction of sp³-hybridized carbons (Fsp3) is 0.353. The molecule has 0 saturated carbocycles. The van der Waals surface area contributed by atoms with Gasteiger partial charge in [-0.05, 0) is 52.5 Å². The zero-order chi connectivity index (χ0) is 17.2. The van der Waals surface area contributed by atoms with E-state index in [1.165, 1.54) is 4.31 Å². The van der Waals surface area contributed by atoms with E-state index in [9.17, 15) is 8.42 Å². The smallest absolute Gasteiger partial charge is 0.243 e. The van der Waals surface area contributed by atoms with E-state index in [-0.39, 0.29) is 6.10 Å². The first-order valence-electron chi connectivity index (χ1n) is 7.86. The van der Waals surface area contributed by atoms with E-state index < -0.39 is 10.0 Å². The highest BCUT2D eigenvalue weighted by molar-refractivity contribution is 9.10. The molecule has 0 aliphatic carbocycles.